The molecule has 0 radical (unpaired) electrons. The molecule has 2 saturated heterocycles. The van der Waals surface area contributed by atoms with Gasteiger partial charge in [0.25, 0.3) is 18.3 Å². The first-order valence-corrected chi connectivity index (χ1v) is 14.9. The van der Waals surface area contributed by atoms with Gasteiger partial charge in [-0.05, 0) is 50.2 Å². The maximum Gasteiger partial charge on any atom is 0.434 e. The predicted octanol–water partition coefficient (Wildman–Crippen LogP) is 3.40. The van der Waals surface area contributed by atoms with Gasteiger partial charge in [0.1, 0.15) is 0 Å². The standard InChI is InChI=1S/C29H31ClF3N7O4.CH2O2/c1-38-22(20-5-6-23(44-2)37-24(20)29(31,32)33)16-35-25(38)26(41)36-18-3-4-19(21(30)15-18)28(43)40-13-11-39(12-14-40)27(42)17-7-9-34-10-8-17;2-1-3/h3-6,15-17,34H,7-14H2,1-2H3,(H,36,41);1H,(H,2,3). The highest BCUT2D eigenvalue weighted by Gasteiger charge is 2.37. The number of pyridine rings is 1. The van der Waals surface area contributed by atoms with E-state index in [0.29, 0.717) is 26.2 Å². The molecule has 5 rings (SSSR count). The number of rotatable bonds is 6. The molecule has 3 aromatic rings. The number of ether oxygens (including phenoxy) is 1. The molecular formula is C30H33ClF3N7O6. The van der Waals surface area contributed by atoms with Crippen LogP contribution in [0.5, 0.6) is 5.88 Å². The van der Waals surface area contributed by atoms with E-state index in [2.05, 4.69) is 20.6 Å². The number of methoxy groups -OCH3 is 1. The van der Waals surface area contributed by atoms with Crippen molar-refractivity contribution in [3.05, 3.63) is 58.6 Å². The van der Waals surface area contributed by atoms with Crippen molar-refractivity contribution < 1.29 is 42.2 Å². The number of nitrogens with one attached hydrogen (secondary N) is 2. The summed E-state index contributed by atoms with van der Waals surface area (Å²) in [6.07, 6.45) is -1.99. The average Bonchev–Trinajstić information content (AvgIpc) is 3.45. The van der Waals surface area contributed by atoms with Crippen molar-refractivity contribution in [1.82, 2.24) is 29.7 Å². The molecule has 1 aromatic carbocycles. The predicted molar refractivity (Wildman–Crippen MR) is 164 cm³/mol. The molecule has 2 fully saturated rings. The van der Waals surface area contributed by atoms with Crippen LogP contribution in [0.3, 0.4) is 0 Å². The van der Waals surface area contributed by atoms with Crippen molar-refractivity contribution in [3.8, 4) is 17.1 Å². The molecule has 17 heteroatoms. The second kappa shape index (κ2) is 15.3. The van der Waals surface area contributed by atoms with Crippen molar-refractivity contribution in [1.29, 1.82) is 0 Å². The molecule has 2 aliphatic heterocycles. The minimum atomic E-state index is -4.77. The number of imidazole rings is 1. The summed E-state index contributed by atoms with van der Waals surface area (Å²) >= 11 is 6.44. The van der Waals surface area contributed by atoms with Gasteiger partial charge >= 0.3 is 6.18 Å². The van der Waals surface area contributed by atoms with Crippen molar-refractivity contribution in [2.24, 2.45) is 13.0 Å². The molecule has 13 nitrogen and oxygen atoms in total. The van der Waals surface area contributed by atoms with E-state index in [1.165, 1.54) is 49.1 Å². The van der Waals surface area contributed by atoms with Gasteiger partial charge in [0, 0.05) is 56.5 Å². The van der Waals surface area contributed by atoms with Crippen molar-refractivity contribution in [2.75, 3.05) is 51.7 Å². The Morgan fingerprint density at radius 3 is 2.32 bits per heavy atom. The molecule has 2 aromatic heterocycles. The number of nitrogens with zero attached hydrogens (tertiary/aromatic N) is 5. The van der Waals surface area contributed by atoms with Crippen LogP contribution in [0.15, 0.2) is 36.5 Å². The molecule has 252 valence electrons. The molecule has 0 saturated carbocycles. The number of hydrogen-bond acceptors (Lipinski definition) is 8. The van der Waals surface area contributed by atoms with Gasteiger partial charge < -0.3 is 34.8 Å². The second-order valence-corrected chi connectivity index (χ2v) is 11.1. The van der Waals surface area contributed by atoms with E-state index in [9.17, 15) is 27.6 Å². The fourth-order valence-electron chi connectivity index (χ4n) is 5.43. The number of aromatic nitrogens is 3. The van der Waals surface area contributed by atoms with Crippen molar-refractivity contribution in [2.45, 2.75) is 19.0 Å². The van der Waals surface area contributed by atoms with E-state index >= 15 is 0 Å². The Balaban J connectivity index is 0.00000160. The second-order valence-electron chi connectivity index (χ2n) is 10.7. The maximum atomic E-state index is 13.7. The molecule has 2 aliphatic rings. The van der Waals surface area contributed by atoms with Gasteiger partial charge in [-0.25, -0.2) is 9.97 Å². The SMILES string of the molecule is COc1ccc(-c2cnc(C(=O)Nc3ccc(C(=O)N4CCN(C(=O)C5CCNCC5)CC4)c(Cl)c3)n2C)c(C(F)(F)F)n1.O=CO. The smallest absolute Gasteiger partial charge is 0.434 e. The first-order valence-electron chi connectivity index (χ1n) is 14.5. The summed E-state index contributed by atoms with van der Waals surface area (Å²) in [5.41, 5.74) is -0.910. The van der Waals surface area contributed by atoms with Crippen LogP contribution in [0.1, 0.15) is 39.5 Å². The summed E-state index contributed by atoms with van der Waals surface area (Å²) in [7, 11) is 2.63. The number of amides is 3. The van der Waals surface area contributed by atoms with Gasteiger partial charge in [0.05, 0.1) is 29.6 Å². The number of piperazine rings is 1. The Labute approximate surface area is 272 Å². The number of carboxylic acid groups (broad SMARTS) is 1. The number of carbonyl (C=O) groups is 4. The summed E-state index contributed by atoms with van der Waals surface area (Å²) < 4.78 is 47.2. The summed E-state index contributed by atoms with van der Waals surface area (Å²) in [5, 5.41) is 12.9. The van der Waals surface area contributed by atoms with Crippen LogP contribution < -0.4 is 15.4 Å². The number of carbonyl (C=O) groups excluding carboxylic acids is 3. The Hall–Kier alpha value is -4.70. The lowest BCUT2D eigenvalue weighted by molar-refractivity contribution is -0.141. The van der Waals surface area contributed by atoms with Gasteiger partial charge in [-0.1, -0.05) is 11.6 Å². The Morgan fingerprint density at radius 2 is 1.72 bits per heavy atom. The van der Waals surface area contributed by atoms with Crippen LogP contribution >= 0.6 is 11.6 Å². The van der Waals surface area contributed by atoms with E-state index in [1.807, 2.05) is 4.90 Å². The molecule has 0 unspecified atom stereocenters. The Kier molecular flexibility index (Phi) is 11.4. The largest absolute Gasteiger partial charge is 0.483 e. The first kappa shape index (κ1) is 35.2. The lowest BCUT2D eigenvalue weighted by Crippen LogP contribution is -2.52. The third-order valence-corrected chi connectivity index (χ3v) is 8.15. The van der Waals surface area contributed by atoms with Crippen LogP contribution in [0.25, 0.3) is 11.3 Å². The minimum Gasteiger partial charge on any atom is -0.483 e. The molecule has 0 spiro atoms. The van der Waals surface area contributed by atoms with E-state index in [0.717, 1.165) is 32.1 Å². The van der Waals surface area contributed by atoms with Crippen molar-refractivity contribution in [3.63, 3.8) is 0 Å². The zero-order chi connectivity index (χ0) is 34.3. The van der Waals surface area contributed by atoms with Crippen LogP contribution in [0.2, 0.25) is 5.02 Å². The summed E-state index contributed by atoms with van der Waals surface area (Å²) in [6, 6.07) is 6.91. The molecular weight excluding hydrogens is 647 g/mol. The fraction of sp³-hybridized carbons (Fsp3) is 0.400. The van der Waals surface area contributed by atoms with Crippen LogP contribution in [-0.2, 0) is 22.8 Å². The topological polar surface area (TPSA) is 159 Å². The quantitative estimate of drug-likeness (QED) is 0.332. The third-order valence-electron chi connectivity index (χ3n) is 7.84. The van der Waals surface area contributed by atoms with E-state index < -0.39 is 17.8 Å². The summed E-state index contributed by atoms with van der Waals surface area (Å²) in [6.45, 7) is 3.07. The van der Waals surface area contributed by atoms with Gasteiger partial charge in [-0.15, -0.1) is 0 Å². The molecule has 0 bridgehead atoms. The normalized spacial score (nSPS) is 15.4. The van der Waals surface area contributed by atoms with E-state index in [-0.39, 0.29) is 63.4 Å². The van der Waals surface area contributed by atoms with Crippen LogP contribution in [0.4, 0.5) is 18.9 Å². The van der Waals surface area contributed by atoms with Gasteiger partial charge in [0.2, 0.25) is 11.8 Å². The molecule has 47 heavy (non-hydrogen) atoms. The van der Waals surface area contributed by atoms with Gasteiger partial charge in [-0.3, -0.25) is 19.2 Å². The Morgan fingerprint density at radius 1 is 1.09 bits per heavy atom. The lowest BCUT2D eigenvalue weighted by Gasteiger charge is -2.37. The summed E-state index contributed by atoms with van der Waals surface area (Å²) in [5.74, 6) is -1.19. The number of benzene rings is 1. The molecule has 0 atom stereocenters. The van der Waals surface area contributed by atoms with E-state index in [4.69, 9.17) is 26.2 Å². The monoisotopic (exact) mass is 679 g/mol. The molecule has 3 N–H and O–H groups in total. The highest BCUT2D eigenvalue weighted by Crippen LogP contribution is 2.37. The highest BCUT2D eigenvalue weighted by molar-refractivity contribution is 6.34. The maximum absolute atomic E-state index is 13.7. The number of piperidine rings is 1. The number of halogens is 4. The average molecular weight is 680 g/mol. The summed E-state index contributed by atoms with van der Waals surface area (Å²) in [4.78, 5) is 58.5. The van der Waals surface area contributed by atoms with Crippen molar-refractivity contribution >= 4 is 41.5 Å². The molecule has 3 amide bonds. The zero-order valence-corrected chi connectivity index (χ0v) is 26.3. The van der Waals surface area contributed by atoms with Crippen LogP contribution in [-0.4, -0.2) is 100 Å². The first-order chi connectivity index (χ1) is 22.4. The van der Waals surface area contributed by atoms with E-state index in [1.54, 1.807) is 4.90 Å². The van der Waals surface area contributed by atoms with Gasteiger partial charge in [-0.2, -0.15) is 13.2 Å². The van der Waals surface area contributed by atoms with Crippen LogP contribution in [0, 0.1) is 5.92 Å². The number of hydrogen-bond donors (Lipinski definition) is 3. The molecule has 4 heterocycles. The lowest BCUT2D eigenvalue weighted by atomic mass is 9.96. The fourth-order valence-corrected chi connectivity index (χ4v) is 5.69. The number of anilines is 1. The zero-order valence-electron chi connectivity index (χ0n) is 25.5. The minimum absolute atomic E-state index is 0.0184. The third kappa shape index (κ3) is 8.18. The highest BCUT2D eigenvalue weighted by atomic mass is 35.5. The number of alkyl halides is 3. The molecule has 0 aliphatic carbocycles. The Bertz CT molecular complexity index is 1620. The van der Waals surface area contributed by atoms with Gasteiger partial charge in [0.15, 0.2) is 11.5 Å².